The normalized spacial score (nSPS) is 10.5. The lowest BCUT2D eigenvalue weighted by Crippen LogP contribution is -2.32. The van der Waals surface area contributed by atoms with Crippen molar-refractivity contribution in [2.24, 2.45) is 5.10 Å². The Bertz CT molecular complexity index is 976. The van der Waals surface area contributed by atoms with Gasteiger partial charge in [-0.15, -0.1) is 0 Å². The number of anilines is 1. The fourth-order valence-electron chi connectivity index (χ4n) is 2.06. The third kappa shape index (κ3) is 4.95. The summed E-state index contributed by atoms with van der Waals surface area (Å²) in [5.41, 5.74) is 2.70. The number of amides is 2. The van der Waals surface area contributed by atoms with Crippen LogP contribution in [-0.4, -0.2) is 35.2 Å². The second-order valence-corrected chi connectivity index (χ2v) is 5.87. The van der Waals surface area contributed by atoms with Gasteiger partial charge in [-0.05, 0) is 30.7 Å². The average Bonchev–Trinajstić information content (AvgIpc) is 2.65. The zero-order valence-electron chi connectivity index (χ0n) is 14.7. The summed E-state index contributed by atoms with van der Waals surface area (Å²) in [7, 11) is 1.23. The van der Waals surface area contributed by atoms with E-state index >= 15 is 0 Å². The Morgan fingerprint density at radius 3 is 2.61 bits per heavy atom. The number of nitrogens with one attached hydrogen (secondary N) is 2. The fourth-order valence-corrected chi connectivity index (χ4v) is 2.24. The van der Waals surface area contributed by atoms with E-state index in [9.17, 15) is 24.8 Å². The first-order valence-corrected chi connectivity index (χ1v) is 8.06. The first kappa shape index (κ1) is 20.6. The number of methoxy groups -OCH3 is 1. The first-order chi connectivity index (χ1) is 13.2. The van der Waals surface area contributed by atoms with Crippen LogP contribution in [-0.2, 0) is 9.59 Å². The summed E-state index contributed by atoms with van der Waals surface area (Å²) in [5.74, 6) is -2.82. The molecule has 0 heterocycles. The smallest absolute Gasteiger partial charge is 0.329 e. The molecule has 0 bridgehead atoms. The zero-order valence-corrected chi connectivity index (χ0v) is 15.5. The predicted molar refractivity (Wildman–Crippen MR) is 102 cm³/mol. The van der Waals surface area contributed by atoms with Gasteiger partial charge >= 0.3 is 17.5 Å². The molecule has 10 nitrogen and oxygen atoms in total. The van der Waals surface area contributed by atoms with Crippen LogP contribution in [0.1, 0.15) is 11.1 Å². The van der Waals surface area contributed by atoms with Crippen molar-refractivity contribution in [2.75, 3.05) is 12.4 Å². The molecule has 0 spiro atoms. The van der Waals surface area contributed by atoms with Crippen LogP contribution < -0.4 is 15.5 Å². The molecule has 0 radical (unpaired) electrons. The second kappa shape index (κ2) is 8.82. The number of aromatic hydroxyl groups is 1. The lowest BCUT2D eigenvalue weighted by molar-refractivity contribution is -0.386. The molecule has 3 N–H and O–H groups in total. The molecule has 0 aliphatic rings. The van der Waals surface area contributed by atoms with Gasteiger partial charge in [-0.3, -0.25) is 19.7 Å². The number of carbonyl (C=O) groups is 2. The van der Waals surface area contributed by atoms with Gasteiger partial charge in [0.05, 0.1) is 18.2 Å². The van der Waals surface area contributed by atoms with E-state index < -0.39 is 28.2 Å². The lowest BCUT2D eigenvalue weighted by Gasteiger charge is -2.06. The molecule has 0 fully saturated rings. The van der Waals surface area contributed by atoms with Crippen LogP contribution in [0.25, 0.3) is 0 Å². The van der Waals surface area contributed by atoms with Crippen LogP contribution in [0.2, 0.25) is 5.02 Å². The second-order valence-electron chi connectivity index (χ2n) is 5.47. The molecular formula is C17H15ClN4O6. The molecule has 0 aliphatic carbocycles. The third-order valence-corrected chi connectivity index (χ3v) is 3.92. The number of hydrogen-bond donors (Lipinski definition) is 3. The highest BCUT2D eigenvalue weighted by Crippen LogP contribution is 2.36. The SMILES string of the molecule is COc1cc(/C=N/NC(=O)C(=O)Nc2ccc(C)c(Cl)c2)cc([N+](=O)[O-])c1O. The largest absolute Gasteiger partial charge is 0.500 e. The lowest BCUT2D eigenvalue weighted by atomic mass is 10.2. The van der Waals surface area contributed by atoms with Crippen molar-refractivity contribution in [1.82, 2.24) is 5.43 Å². The Balaban J connectivity index is 2.06. The molecule has 0 atom stereocenters. The van der Waals surface area contributed by atoms with Crippen molar-refractivity contribution in [3.05, 3.63) is 56.6 Å². The van der Waals surface area contributed by atoms with Crippen molar-refractivity contribution in [2.45, 2.75) is 6.92 Å². The number of benzene rings is 2. The number of ether oxygens (including phenoxy) is 1. The molecule has 2 aromatic rings. The molecule has 0 saturated heterocycles. The summed E-state index contributed by atoms with van der Waals surface area (Å²) in [4.78, 5) is 33.8. The first-order valence-electron chi connectivity index (χ1n) is 7.69. The van der Waals surface area contributed by atoms with Gasteiger partial charge < -0.3 is 15.2 Å². The molecule has 0 aromatic heterocycles. The topological polar surface area (TPSA) is 143 Å². The monoisotopic (exact) mass is 406 g/mol. The van der Waals surface area contributed by atoms with Gasteiger partial charge in [0.25, 0.3) is 0 Å². The minimum Gasteiger partial charge on any atom is -0.500 e. The highest BCUT2D eigenvalue weighted by molar-refractivity contribution is 6.39. The zero-order chi connectivity index (χ0) is 20.8. The highest BCUT2D eigenvalue weighted by atomic mass is 35.5. The summed E-state index contributed by atoms with van der Waals surface area (Å²) < 4.78 is 4.85. The van der Waals surface area contributed by atoms with Gasteiger partial charge in [-0.25, -0.2) is 5.43 Å². The Kier molecular flexibility index (Phi) is 6.51. The van der Waals surface area contributed by atoms with Gasteiger partial charge in [0.2, 0.25) is 5.75 Å². The summed E-state index contributed by atoms with van der Waals surface area (Å²) >= 11 is 5.95. The molecule has 2 aromatic carbocycles. The summed E-state index contributed by atoms with van der Waals surface area (Å²) in [5, 5.41) is 27.0. The van der Waals surface area contributed by atoms with Crippen LogP contribution in [0.3, 0.4) is 0 Å². The van der Waals surface area contributed by atoms with Gasteiger partial charge in [0.1, 0.15) is 0 Å². The molecular weight excluding hydrogens is 392 g/mol. The summed E-state index contributed by atoms with van der Waals surface area (Å²) in [6.45, 7) is 1.79. The minimum absolute atomic E-state index is 0.143. The molecule has 2 rings (SSSR count). The molecule has 11 heteroatoms. The Hall–Kier alpha value is -3.66. The maximum atomic E-state index is 11.9. The van der Waals surface area contributed by atoms with E-state index in [0.717, 1.165) is 17.8 Å². The Morgan fingerprint density at radius 1 is 1.29 bits per heavy atom. The van der Waals surface area contributed by atoms with E-state index in [4.69, 9.17) is 16.3 Å². The number of halogens is 1. The molecule has 146 valence electrons. The summed E-state index contributed by atoms with van der Waals surface area (Å²) in [6.07, 6.45) is 1.06. The number of hydrazone groups is 1. The molecule has 0 unspecified atom stereocenters. The number of rotatable bonds is 5. The van der Waals surface area contributed by atoms with Crippen LogP contribution in [0.15, 0.2) is 35.4 Å². The number of nitro benzene ring substituents is 1. The van der Waals surface area contributed by atoms with Crippen LogP contribution in [0.4, 0.5) is 11.4 Å². The number of nitro groups is 1. The van der Waals surface area contributed by atoms with Crippen molar-refractivity contribution in [3.63, 3.8) is 0 Å². The summed E-state index contributed by atoms with van der Waals surface area (Å²) in [6, 6.07) is 7.05. The highest BCUT2D eigenvalue weighted by Gasteiger charge is 2.19. The van der Waals surface area contributed by atoms with E-state index in [-0.39, 0.29) is 11.3 Å². The van der Waals surface area contributed by atoms with Crippen molar-refractivity contribution < 1.29 is 24.4 Å². The van der Waals surface area contributed by atoms with E-state index in [1.807, 2.05) is 5.43 Å². The minimum atomic E-state index is -1.06. The fraction of sp³-hybridized carbons (Fsp3) is 0.118. The molecule has 2 amide bonds. The van der Waals surface area contributed by atoms with Gasteiger partial charge in [-0.2, -0.15) is 5.10 Å². The van der Waals surface area contributed by atoms with Gasteiger partial charge in [0.15, 0.2) is 5.75 Å². The van der Waals surface area contributed by atoms with Crippen LogP contribution >= 0.6 is 11.6 Å². The van der Waals surface area contributed by atoms with Gasteiger partial charge in [0, 0.05) is 22.3 Å². The quantitative estimate of drug-likeness (QED) is 0.301. The maximum Gasteiger partial charge on any atom is 0.329 e. The third-order valence-electron chi connectivity index (χ3n) is 3.51. The Morgan fingerprint density at radius 2 is 2.00 bits per heavy atom. The number of phenols is 1. The number of nitrogens with zero attached hydrogens (tertiary/aromatic N) is 2. The number of hydrogen-bond acceptors (Lipinski definition) is 7. The molecule has 0 aliphatic heterocycles. The van der Waals surface area contributed by atoms with Crippen molar-refractivity contribution >= 4 is 41.0 Å². The van der Waals surface area contributed by atoms with Crippen LogP contribution in [0, 0.1) is 17.0 Å². The Labute approximate surface area is 163 Å². The standard InChI is InChI=1S/C17H15ClN4O6/c1-9-3-4-11(7-12(9)18)20-16(24)17(25)21-19-8-10-5-13(22(26)27)15(23)14(6-10)28-2/h3-8,23H,1-2H3,(H,20,24)(H,21,25)/b19-8+. The van der Waals surface area contributed by atoms with Crippen molar-refractivity contribution in [3.8, 4) is 11.5 Å². The van der Waals surface area contributed by atoms with E-state index in [0.29, 0.717) is 10.7 Å². The maximum absolute atomic E-state index is 11.9. The van der Waals surface area contributed by atoms with E-state index in [2.05, 4.69) is 10.4 Å². The van der Waals surface area contributed by atoms with E-state index in [1.54, 1.807) is 19.1 Å². The molecule has 28 heavy (non-hydrogen) atoms. The van der Waals surface area contributed by atoms with E-state index in [1.165, 1.54) is 19.2 Å². The number of carbonyl (C=O) groups excluding carboxylic acids is 2. The van der Waals surface area contributed by atoms with Crippen molar-refractivity contribution in [1.29, 1.82) is 0 Å². The molecule has 0 saturated carbocycles. The average molecular weight is 407 g/mol. The number of aryl methyl sites for hydroxylation is 1. The predicted octanol–water partition coefficient (Wildman–Crippen LogP) is 2.36. The van der Waals surface area contributed by atoms with Crippen LogP contribution in [0.5, 0.6) is 11.5 Å². The van der Waals surface area contributed by atoms with Gasteiger partial charge in [-0.1, -0.05) is 17.7 Å². The number of phenolic OH excluding ortho intramolecular Hbond substituents is 1.